The van der Waals surface area contributed by atoms with Gasteiger partial charge in [0.15, 0.2) is 0 Å². The van der Waals surface area contributed by atoms with Crippen molar-refractivity contribution >= 4 is 11.8 Å². The summed E-state index contributed by atoms with van der Waals surface area (Å²) in [5.74, 6) is 3.09. The Kier molecular flexibility index (Phi) is 12.0. The first-order valence-corrected chi connectivity index (χ1v) is 14.8. The number of phenols is 2. The zero-order valence-electron chi connectivity index (χ0n) is 23.6. The molecule has 2 N–H and O–H groups in total. The molecule has 2 aromatic rings. The molecule has 0 aliphatic heterocycles. The third-order valence-electron chi connectivity index (χ3n) is 7.80. The van der Waals surface area contributed by atoms with Crippen molar-refractivity contribution in [2.45, 2.75) is 117 Å². The SMILES string of the molecule is CCC(C)Cc1cc(Sc2cc(CC(C)CC)c(O)cc2CC(C)CC)c(CC(C)CC)cc1O. The second-order valence-corrected chi connectivity index (χ2v) is 12.2. The smallest absolute Gasteiger partial charge is 0.119 e. The third-order valence-corrected chi connectivity index (χ3v) is 9.00. The second-order valence-electron chi connectivity index (χ2n) is 11.1. The molecule has 0 aromatic heterocycles. The molecule has 0 aliphatic carbocycles. The van der Waals surface area contributed by atoms with Gasteiger partial charge in [0.05, 0.1) is 0 Å². The Labute approximate surface area is 219 Å². The molecule has 2 aromatic carbocycles. The minimum Gasteiger partial charge on any atom is -0.508 e. The molecule has 2 rings (SSSR count). The highest BCUT2D eigenvalue weighted by molar-refractivity contribution is 7.99. The Balaban J connectivity index is 2.59. The van der Waals surface area contributed by atoms with Crippen LogP contribution in [0, 0.1) is 23.7 Å². The maximum Gasteiger partial charge on any atom is 0.119 e. The highest BCUT2D eigenvalue weighted by Crippen LogP contribution is 2.41. The summed E-state index contributed by atoms with van der Waals surface area (Å²) in [6.07, 6.45) is 8.18. The number of aromatic hydroxyl groups is 2. The summed E-state index contributed by atoms with van der Waals surface area (Å²) in [6.45, 7) is 18.0. The fourth-order valence-corrected chi connectivity index (χ4v) is 5.53. The summed E-state index contributed by atoms with van der Waals surface area (Å²) < 4.78 is 0. The lowest BCUT2D eigenvalue weighted by Crippen LogP contribution is -2.05. The van der Waals surface area contributed by atoms with Crippen molar-refractivity contribution in [2.75, 3.05) is 0 Å². The molecule has 0 aliphatic rings. The van der Waals surface area contributed by atoms with Gasteiger partial charge >= 0.3 is 0 Å². The first-order valence-electron chi connectivity index (χ1n) is 14.0. The van der Waals surface area contributed by atoms with Gasteiger partial charge in [0.25, 0.3) is 0 Å². The van der Waals surface area contributed by atoms with Gasteiger partial charge in [-0.15, -0.1) is 0 Å². The molecule has 0 saturated heterocycles. The van der Waals surface area contributed by atoms with Crippen LogP contribution in [-0.2, 0) is 25.7 Å². The lowest BCUT2D eigenvalue weighted by molar-refractivity contribution is 0.454. The van der Waals surface area contributed by atoms with Crippen molar-refractivity contribution in [3.05, 3.63) is 46.5 Å². The van der Waals surface area contributed by atoms with Crippen molar-refractivity contribution in [1.82, 2.24) is 0 Å². The van der Waals surface area contributed by atoms with E-state index < -0.39 is 0 Å². The van der Waals surface area contributed by atoms with Crippen molar-refractivity contribution in [2.24, 2.45) is 23.7 Å². The molecule has 35 heavy (non-hydrogen) atoms. The number of benzene rings is 2. The van der Waals surface area contributed by atoms with Crippen molar-refractivity contribution < 1.29 is 10.2 Å². The van der Waals surface area contributed by atoms with Crippen LogP contribution in [0.15, 0.2) is 34.1 Å². The van der Waals surface area contributed by atoms with Gasteiger partial charge in [-0.1, -0.05) is 92.8 Å². The van der Waals surface area contributed by atoms with Crippen LogP contribution in [0.4, 0.5) is 0 Å². The summed E-state index contributed by atoms with van der Waals surface area (Å²) >= 11 is 1.84. The second kappa shape index (κ2) is 14.2. The average molecular weight is 499 g/mol. The van der Waals surface area contributed by atoms with Gasteiger partial charge in [-0.2, -0.15) is 0 Å². The van der Waals surface area contributed by atoms with Crippen LogP contribution in [0.2, 0.25) is 0 Å². The lowest BCUT2D eigenvalue weighted by atomic mass is 9.94. The van der Waals surface area contributed by atoms with Gasteiger partial charge in [0.2, 0.25) is 0 Å². The minimum atomic E-state index is 0.441. The fourth-order valence-electron chi connectivity index (χ4n) is 4.34. The van der Waals surface area contributed by atoms with E-state index in [9.17, 15) is 10.2 Å². The summed E-state index contributed by atoms with van der Waals surface area (Å²) in [7, 11) is 0. The summed E-state index contributed by atoms with van der Waals surface area (Å²) in [5.41, 5.74) is 4.58. The Morgan fingerprint density at radius 3 is 1.09 bits per heavy atom. The van der Waals surface area contributed by atoms with Gasteiger partial charge in [0.1, 0.15) is 11.5 Å². The number of rotatable bonds is 14. The van der Waals surface area contributed by atoms with E-state index in [1.165, 1.54) is 20.9 Å². The van der Waals surface area contributed by atoms with Crippen LogP contribution in [0.25, 0.3) is 0 Å². The highest BCUT2D eigenvalue weighted by atomic mass is 32.2. The first-order chi connectivity index (χ1) is 16.6. The fraction of sp³-hybridized carbons (Fsp3) is 0.625. The van der Waals surface area contributed by atoms with E-state index in [1.54, 1.807) is 0 Å². The van der Waals surface area contributed by atoms with E-state index in [0.717, 1.165) is 62.5 Å². The topological polar surface area (TPSA) is 40.5 Å². The molecule has 0 spiro atoms. The van der Waals surface area contributed by atoms with Crippen molar-refractivity contribution in [1.29, 1.82) is 0 Å². The maximum absolute atomic E-state index is 10.9. The predicted molar refractivity (Wildman–Crippen MR) is 153 cm³/mol. The molecule has 0 heterocycles. The zero-order chi connectivity index (χ0) is 26.1. The molecule has 4 atom stereocenters. The van der Waals surface area contributed by atoms with Crippen molar-refractivity contribution in [3.8, 4) is 11.5 Å². The van der Waals surface area contributed by atoms with Crippen LogP contribution in [0.1, 0.15) is 103 Å². The van der Waals surface area contributed by atoms with Crippen LogP contribution in [-0.4, -0.2) is 10.2 Å². The molecule has 0 bridgehead atoms. The number of hydrogen-bond acceptors (Lipinski definition) is 3. The maximum atomic E-state index is 10.9. The Hall–Kier alpha value is -1.61. The molecular formula is C32H50O2S. The average Bonchev–Trinajstić information content (AvgIpc) is 2.83. The molecule has 0 fully saturated rings. The molecule has 0 saturated carbocycles. The van der Waals surface area contributed by atoms with Gasteiger partial charge in [-0.05, 0) is 95.9 Å². The first kappa shape index (κ1) is 29.6. The van der Waals surface area contributed by atoms with Gasteiger partial charge in [-0.25, -0.2) is 0 Å². The molecule has 3 heteroatoms. The lowest BCUT2D eigenvalue weighted by Gasteiger charge is -2.21. The Morgan fingerprint density at radius 2 is 0.800 bits per heavy atom. The normalized spacial score (nSPS) is 15.1. The summed E-state index contributed by atoms with van der Waals surface area (Å²) in [6, 6.07) is 8.55. The van der Waals surface area contributed by atoms with E-state index >= 15 is 0 Å². The molecule has 0 radical (unpaired) electrons. The molecule has 4 unspecified atom stereocenters. The molecule has 196 valence electrons. The summed E-state index contributed by atoms with van der Waals surface area (Å²) in [4.78, 5) is 2.51. The van der Waals surface area contributed by atoms with Crippen LogP contribution >= 0.6 is 11.8 Å². The number of phenolic OH excluding ortho intramolecular Hbond substituents is 2. The van der Waals surface area contributed by atoms with E-state index in [4.69, 9.17) is 0 Å². The van der Waals surface area contributed by atoms with E-state index in [1.807, 2.05) is 23.9 Å². The predicted octanol–water partition coefficient (Wildman–Crippen LogP) is 9.60. The van der Waals surface area contributed by atoms with Crippen LogP contribution in [0.5, 0.6) is 11.5 Å². The monoisotopic (exact) mass is 498 g/mol. The molecule has 0 amide bonds. The molecular weight excluding hydrogens is 448 g/mol. The largest absolute Gasteiger partial charge is 0.508 e. The van der Waals surface area contributed by atoms with Crippen molar-refractivity contribution in [3.63, 3.8) is 0 Å². The number of hydrogen-bond donors (Lipinski definition) is 2. The van der Waals surface area contributed by atoms with Gasteiger partial charge < -0.3 is 10.2 Å². The van der Waals surface area contributed by atoms with E-state index in [-0.39, 0.29) is 0 Å². The van der Waals surface area contributed by atoms with Crippen LogP contribution in [0.3, 0.4) is 0 Å². The van der Waals surface area contributed by atoms with Gasteiger partial charge in [-0.3, -0.25) is 0 Å². The summed E-state index contributed by atoms with van der Waals surface area (Å²) in [5, 5.41) is 21.8. The highest BCUT2D eigenvalue weighted by Gasteiger charge is 2.19. The standard InChI is InChI=1S/C32H50O2S/c1-9-21(5)13-25-19-31(27(17-29(25)33)15-23(7)11-3)35-32-20-26(14-22(6)10-2)30(34)18-28(32)16-24(8)12-4/h17-24,33-34H,9-16H2,1-8H3. The minimum absolute atomic E-state index is 0.441. The zero-order valence-corrected chi connectivity index (χ0v) is 24.4. The van der Waals surface area contributed by atoms with E-state index in [2.05, 4.69) is 67.5 Å². The Bertz CT molecular complexity index is 860. The van der Waals surface area contributed by atoms with Gasteiger partial charge in [0, 0.05) is 9.79 Å². The van der Waals surface area contributed by atoms with Crippen LogP contribution < -0.4 is 0 Å². The Morgan fingerprint density at radius 1 is 0.514 bits per heavy atom. The third kappa shape index (κ3) is 8.77. The van der Waals surface area contributed by atoms with E-state index in [0.29, 0.717) is 35.2 Å². The quantitative estimate of drug-likeness (QED) is 0.272. The molecule has 2 nitrogen and oxygen atoms in total.